The molecule has 1 fully saturated rings. The van der Waals surface area contributed by atoms with Crippen LogP contribution in [0.15, 0.2) is 4.42 Å². The largest absolute Gasteiger partial charge is 0.436 e. The average molecular weight is 278 g/mol. The number of nitrogens with zero attached hydrogens (tertiary/aromatic N) is 2. The zero-order chi connectivity index (χ0) is 14.9. The maximum absolute atomic E-state index is 12.5. The summed E-state index contributed by atoms with van der Waals surface area (Å²) in [5, 5.41) is 0. The van der Waals surface area contributed by atoms with Gasteiger partial charge in [-0.05, 0) is 37.5 Å². The molecule has 0 radical (unpaired) electrons. The van der Waals surface area contributed by atoms with Crippen LogP contribution in [0, 0.1) is 25.2 Å². The van der Waals surface area contributed by atoms with Gasteiger partial charge in [0.2, 0.25) is 5.76 Å². The highest BCUT2D eigenvalue weighted by atomic mass is 16.4. The zero-order valence-electron chi connectivity index (χ0n) is 13.3. The lowest BCUT2D eigenvalue weighted by Gasteiger charge is -2.40. The van der Waals surface area contributed by atoms with E-state index >= 15 is 0 Å². The lowest BCUT2D eigenvalue weighted by molar-refractivity contribution is 0.0539. The van der Waals surface area contributed by atoms with E-state index in [4.69, 9.17) is 4.42 Å². The third-order valence-electron chi connectivity index (χ3n) is 4.26. The van der Waals surface area contributed by atoms with Crippen molar-refractivity contribution in [2.24, 2.45) is 11.3 Å². The summed E-state index contributed by atoms with van der Waals surface area (Å²) < 4.78 is 5.44. The molecule has 1 amide bonds. The highest BCUT2D eigenvalue weighted by molar-refractivity contribution is 5.92. The Labute approximate surface area is 121 Å². The lowest BCUT2D eigenvalue weighted by atomic mass is 9.74. The molecule has 0 N–H and O–H groups in total. The fraction of sp³-hybridized carbons (Fsp3) is 0.750. The van der Waals surface area contributed by atoms with E-state index in [9.17, 15) is 4.79 Å². The van der Waals surface area contributed by atoms with Crippen molar-refractivity contribution in [1.29, 1.82) is 0 Å². The summed E-state index contributed by atoms with van der Waals surface area (Å²) in [6.07, 6.45) is 3.38. The van der Waals surface area contributed by atoms with E-state index in [1.54, 1.807) is 6.92 Å². The molecule has 1 aromatic heterocycles. The Morgan fingerprint density at radius 2 is 1.95 bits per heavy atom. The SMILES string of the molecule is Cc1nc(C)c(C(=O)N2CCC(C)(CC(C)C)CC2)o1. The Bertz CT molecular complexity index is 483. The standard InChI is InChI=1S/C16H26N2O2/c1-11(2)10-16(5)6-8-18(9-7-16)15(19)14-12(3)17-13(4)20-14/h11H,6-10H2,1-5H3. The van der Waals surface area contributed by atoms with Gasteiger partial charge in [0.25, 0.3) is 5.91 Å². The maximum atomic E-state index is 12.5. The van der Waals surface area contributed by atoms with Gasteiger partial charge < -0.3 is 9.32 Å². The molecule has 1 saturated heterocycles. The summed E-state index contributed by atoms with van der Waals surface area (Å²) >= 11 is 0. The van der Waals surface area contributed by atoms with Crippen LogP contribution in [0.1, 0.15) is 62.2 Å². The van der Waals surface area contributed by atoms with E-state index in [-0.39, 0.29) is 5.91 Å². The van der Waals surface area contributed by atoms with Crippen LogP contribution < -0.4 is 0 Å². The smallest absolute Gasteiger partial charge is 0.291 e. The van der Waals surface area contributed by atoms with Crippen LogP contribution in [0.3, 0.4) is 0 Å². The zero-order valence-corrected chi connectivity index (χ0v) is 13.3. The second-order valence-electron chi connectivity index (χ2n) is 6.85. The van der Waals surface area contributed by atoms with Crippen molar-refractivity contribution in [2.45, 2.75) is 53.9 Å². The Kier molecular flexibility index (Phi) is 4.21. The second-order valence-corrected chi connectivity index (χ2v) is 6.85. The first-order chi connectivity index (χ1) is 9.31. The fourth-order valence-corrected chi connectivity index (χ4v) is 3.31. The van der Waals surface area contributed by atoms with Gasteiger partial charge in [-0.25, -0.2) is 4.98 Å². The first-order valence-corrected chi connectivity index (χ1v) is 7.54. The predicted octanol–water partition coefficient (Wildman–Crippen LogP) is 3.58. The molecule has 1 aromatic rings. The van der Waals surface area contributed by atoms with Gasteiger partial charge in [0, 0.05) is 20.0 Å². The number of aryl methyl sites for hydroxylation is 2. The number of rotatable bonds is 3. The molecule has 0 aliphatic carbocycles. The second kappa shape index (κ2) is 5.58. The van der Waals surface area contributed by atoms with Gasteiger partial charge >= 0.3 is 0 Å². The summed E-state index contributed by atoms with van der Waals surface area (Å²) in [6.45, 7) is 12.1. The van der Waals surface area contributed by atoms with E-state index in [1.165, 1.54) is 6.42 Å². The molecule has 1 aliphatic rings. The number of carbonyl (C=O) groups excluding carboxylic acids is 1. The van der Waals surface area contributed by atoms with Crippen LogP contribution in [-0.4, -0.2) is 28.9 Å². The first-order valence-electron chi connectivity index (χ1n) is 7.54. The molecule has 0 aromatic carbocycles. The molecule has 4 nitrogen and oxygen atoms in total. The van der Waals surface area contributed by atoms with Crippen molar-refractivity contribution in [3.63, 3.8) is 0 Å². The van der Waals surface area contributed by atoms with Crippen LogP contribution in [0.2, 0.25) is 0 Å². The minimum absolute atomic E-state index is 0.00491. The number of piperidine rings is 1. The van der Waals surface area contributed by atoms with Crippen LogP contribution in [-0.2, 0) is 0 Å². The van der Waals surface area contributed by atoms with Crippen molar-refractivity contribution in [3.8, 4) is 0 Å². The van der Waals surface area contributed by atoms with Gasteiger partial charge in [-0.1, -0.05) is 20.8 Å². The van der Waals surface area contributed by atoms with Gasteiger partial charge in [-0.15, -0.1) is 0 Å². The topological polar surface area (TPSA) is 46.3 Å². The van der Waals surface area contributed by atoms with Crippen molar-refractivity contribution in [3.05, 3.63) is 17.3 Å². The molecular formula is C16H26N2O2. The van der Waals surface area contributed by atoms with Crippen LogP contribution in [0.4, 0.5) is 0 Å². The van der Waals surface area contributed by atoms with Crippen LogP contribution >= 0.6 is 0 Å². The van der Waals surface area contributed by atoms with Gasteiger partial charge in [-0.2, -0.15) is 0 Å². The van der Waals surface area contributed by atoms with Crippen molar-refractivity contribution in [2.75, 3.05) is 13.1 Å². The number of likely N-dealkylation sites (tertiary alicyclic amines) is 1. The molecule has 20 heavy (non-hydrogen) atoms. The minimum atomic E-state index is -0.00491. The maximum Gasteiger partial charge on any atom is 0.291 e. The number of hydrogen-bond acceptors (Lipinski definition) is 3. The van der Waals surface area contributed by atoms with Crippen LogP contribution in [0.5, 0.6) is 0 Å². The Balaban J connectivity index is 2.00. The van der Waals surface area contributed by atoms with Gasteiger partial charge in [0.1, 0.15) is 0 Å². The summed E-state index contributed by atoms with van der Waals surface area (Å²) in [5.74, 6) is 1.68. The molecular weight excluding hydrogens is 252 g/mol. The number of carbonyl (C=O) groups is 1. The third kappa shape index (κ3) is 3.22. The minimum Gasteiger partial charge on any atom is -0.436 e. The molecule has 0 spiro atoms. The summed E-state index contributed by atoms with van der Waals surface area (Å²) in [6, 6.07) is 0. The first kappa shape index (κ1) is 15.1. The monoisotopic (exact) mass is 278 g/mol. The van der Waals surface area contributed by atoms with Gasteiger partial charge in [0.05, 0.1) is 5.69 Å². The highest BCUT2D eigenvalue weighted by Gasteiger charge is 2.33. The molecule has 2 rings (SSSR count). The summed E-state index contributed by atoms with van der Waals surface area (Å²) in [5.41, 5.74) is 1.07. The molecule has 0 saturated carbocycles. The summed E-state index contributed by atoms with van der Waals surface area (Å²) in [4.78, 5) is 18.6. The molecule has 1 aliphatic heterocycles. The Morgan fingerprint density at radius 1 is 1.35 bits per heavy atom. The predicted molar refractivity (Wildman–Crippen MR) is 78.7 cm³/mol. The number of hydrogen-bond donors (Lipinski definition) is 0. The van der Waals surface area contributed by atoms with E-state index in [2.05, 4.69) is 25.8 Å². The molecule has 0 unspecified atom stereocenters. The van der Waals surface area contributed by atoms with Crippen LogP contribution in [0.25, 0.3) is 0 Å². The average Bonchev–Trinajstić information content (AvgIpc) is 2.67. The number of aromatic nitrogens is 1. The lowest BCUT2D eigenvalue weighted by Crippen LogP contribution is -2.42. The quantitative estimate of drug-likeness (QED) is 0.849. The Hall–Kier alpha value is -1.32. The van der Waals surface area contributed by atoms with E-state index in [0.717, 1.165) is 25.9 Å². The third-order valence-corrected chi connectivity index (χ3v) is 4.26. The molecule has 2 heterocycles. The molecule has 0 bridgehead atoms. The Morgan fingerprint density at radius 3 is 2.40 bits per heavy atom. The van der Waals surface area contributed by atoms with Crippen molar-refractivity contribution >= 4 is 5.91 Å². The summed E-state index contributed by atoms with van der Waals surface area (Å²) in [7, 11) is 0. The number of amides is 1. The van der Waals surface area contributed by atoms with Gasteiger partial charge in [-0.3, -0.25) is 4.79 Å². The van der Waals surface area contributed by atoms with Gasteiger partial charge in [0.15, 0.2) is 5.89 Å². The van der Waals surface area contributed by atoms with E-state index < -0.39 is 0 Å². The van der Waals surface area contributed by atoms with E-state index in [1.807, 2.05) is 11.8 Å². The van der Waals surface area contributed by atoms with Crippen molar-refractivity contribution < 1.29 is 9.21 Å². The normalized spacial score (nSPS) is 18.6. The molecule has 0 atom stereocenters. The number of oxazole rings is 1. The van der Waals surface area contributed by atoms with E-state index in [0.29, 0.717) is 28.7 Å². The molecule has 4 heteroatoms. The highest BCUT2D eigenvalue weighted by Crippen LogP contribution is 2.37. The molecule has 112 valence electrons. The fourth-order valence-electron chi connectivity index (χ4n) is 3.31. The van der Waals surface area contributed by atoms with Crippen molar-refractivity contribution in [1.82, 2.24) is 9.88 Å².